The van der Waals surface area contributed by atoms with Gasteiger partial charge in [0.15, 0.2) is 0 Å². The van der Waals surface area contributed by atoms with Crippen molar-refractivity contribution in [3.63, 3.8) is 0 Å². The monoisotopic (exact) mass is 846 g/mol. The number of benzene rings is 3. The lowest BCUT2D eigenvalue weighted by atomic mass is 10.0. The predicted molar refractivity (Wildman–Crippen MR) is 229 cm³/mol. The number of fused-ring (bicyclic) bond motifs is 3. The Morgan fingerprint density at radius 1 is 0.629 bits per heavy atom. The molecule has 0 saturated carbocycles. The van der Waals surface area contributed by atoms with E-state index in [2.05, 4.69) is 30.8 Å². The third-order valence-electron chi connectivity index (χ3n) is 12.1. The van der Waals surface area contributed by atoms with Gasteiger partial charge in [-0.05, 0) is 87.1 Å². The van der Waals surface area contributed by atoms with Crippen LogP contribution in [0, 0.1) is 0 Å². The molecule has 18 nitrogen and oxygen atoms in total. The summed E-state index contributed by atoms with van der Waals surface area (Å²) in [5.74, 6) is 0.820. The second-order valence-electron chi connectivity index (χ2n) is 15.7. The van der Waals surface area contributed by atoms with Gasteiger partial charge in [0.05, 0.1) is 71.8 Å². The zero-order valence-electron chi connectivity index (χ0n) is 35.4. The first-order valence-electron chi connectivity index (χ1n) is 20.6. The van der Waals surface area contributed by atoms with E-state index in [-0.39, 0.29) is 23.9 Å². The quantitative estimate of drug-likeness (QED) is 0.119. The van der Waals surface area contributed by atoms with E-state index in [4.69, 9.17) is 28.9 Å². The lowest BCUT2D eigenvalue weighted by Gasteiger charge is -2.30. The highest BCUT2D eigenvalue weighted by molar-refractivity contribution is 5.91. The van der Waals surface area contributed by atoms with E-state index in [0.717, 1.165) is 75.3 Å². The van der Waals surface area contributed by atoms with Crippen LogP contribution >= 0.6 is 0 Å². The summed E-state index contributed by atoms with van der Waals surface area (Å²) in [6.07, 6.45) is 0.474. The van der Waals surface area contributed by atoms with Gasteiger partial charge in [0.1, 0.15) is 23.7 Å². The standard InChI is InChI=1S/C44H50N10O8/c1-23(59-3)37(49-43(57)61-5)41(55)53-17-7-9-35(53)39-45-29-15-13-26(20-33(29)47-39)25-11-12-27-21-32(52-51-31(27)19-25)28-14-16-30-34(22-28)48-40(46-30)36-10-8-18-54(36)42(56)38(24(2)60-4)50-44(58)62-6/h11-16,19-24,35-38H,7-10,17-18H2,1-6H3,(H,45,47)(H,46,48)(H,49,57)(H,50,58). The first-order valence-corrected chi connectivity index (χ1v) is 20.6. The number of ether oxygens (including phenoxy) is 4. The Labute approximate surface area is 357 Å². The zero-order valence-corrected chi connectivity index (χ0v) is 35.4. The van der Waals surface area contributed by atoms with Crippen molar-refractivity contribution in [2.45, 2.75) is 75.9 Å². The molecule has 0 aliphatic carbocycles. The maximum atomic E-state index is 13.7. The van der Waals surface area contributed by atoms with Gasteiger partial charge in [-0.1, -0.05) is 24.3 Å². The number of imidazole rings is 2. The molecule has 4 amide bonds. The molecule has 2 aliphatic rings. The molecule has 0 radical (unpaired) electrons. The number of hydrogen-bond acceptors (Lipinski definition) is 12. The van der Waals surface area contributed by atoms with Crippen molar-refractivity contribution in [1.82, 2.24) is 50.6 Å². The minimum absolute atomic E-state index is 0.259. The van der Waals surface area contributed by atoms with Crippen LogP contribution in [0.25, 0.3) is 55.4 Å². The van der Waals surface area contributed by atoms with Gasteiger partial charge in [-0.3, -0.25) is 9.59 Å². The first-order chi connectivity index (χ1) is 30.0. The Kier molecular flexibility index (Phi) is 12.0. The summed E-state index contributed by atoms with van der Waals surface area (Å²) in [5, 5.41) is 15.4. The van der Waals surface area contributed by atoms with Crippen LogP contribution in [0.1, 0.15) is 63.3 Å². The Hall–Kier alpha value is -6.66. The number of H-pyrrole nitrogens is 2. The van der Waals surface area contributed by atoms with Crippen molar-refractivity contribution in [2.75, 3.05) is 41.5 Å². The first kappa shape index (κ1) is 42.0. The van der Waals surface area contributed by atoms with E-state index >= 15 is 0 Å². The number of nitrogens with zero attached hydrogens (tertiary/aromatic N) is 6. The molecule has 3 aromatic carbocycles. The minimum atomic E-state index is -0.918. The van der Waals surface area contributed by atoms with Crippen LogP contribution in [-0.4, -0.2) is 130 Å². The fourth-order valence-electron chi connectivity index (χ4n) is 8.46. The molecule has 2 saturated heterocycles. The lowest BCUT2D eigenvalue weighted by Crippen LogP contribution is -2.54. The molecule has 6 unspecified atom stereocenters. The zero-order chi connectivity index (χ0) is 43.7. The molecule has 18 heteroatoms. The summed E-state index contributed by atoms with van der Waals surface area (Å²) in [6, 6.07) is 17.5. The van der Waals surface area contributed by atoms with Crippen LogP contribution in [0.3, 0.4) is 0 Å². The molecule has 6 aromatic rings. The molecule has 0 bridgehead atoms. The minimum Gasteiger partial charge on any atom is -0.453 e. The molecule has 2 aliphatic heterocycles. The fraction of sp³-hybridized carbons (Fsp3) is 0.409. The normalized spacial score (nSPS) is 18.5. The molecular formula is C44H50N10O8. The van der Waals surface area contributed by atoms with E-state index < -0.39 is 36.5 Å². The summed E-state index contributed by atoms with van der Waals surface area (Å²) in [4.78, 5) is 71.7. The SMILES string of the molecule is COC(=O)NC(C(=O)N1CCCC1c1nc2ccc(-c3ccc4cc(-c5ccc6nc(C7CCCN7C(=O)C(NC(=O)OC)C(C)OC)[nH]c6c5)nnc4c3)cc2[nH]1)C(C)OC. The number of carbonyl (C=O) groups is 4. The number of alkyl carbamates (subject to hydrolysis) is 2. The number of hydrogen-bond donors (Lipinski definition) is 4. The van der Waals surface area contributed by atoms with Crippen LogP contribution in [0.5, 0.6) is 0 Å². The van der Waals surface area contributed by atoms with Gasteiger partial charge in [-0.25, -0.2) is 19.6 Å². The van der Waals surface area contributed by atoms with Crippen molar-refractivity contribution < 1.29 is 38.1 Å². The lowest BCUT2D eigenvalue weighted by molar-refractivity contribution is -0.138. The van der Waals surface area contributed by atoms with Crippen molar-refractivity contribution in [3.05, 3.63) is 72.3 Å². The maximum Gasteiger partial charge on any atom is 0.407 e. The smallest absolute Gasteiger partial charge is 0.407 e. The largest absolute Gasteiger partial charge is 0.453 e. The third kappa shape index (κ3) is 8.22. The molecule has 5 heterocycles. The Morgan fingerprint density at radius 2 is 1.11 bits per heavy atom. The molecule has 3 aromatic heterocycles. The van der Waals surface area contributed by atoms with Gasteiger partial charge in [0, 0.05) is 38.3 Å². The van der Waals surface area contributed by atoms with Gasteiger partial charge in [-0.2, -0.15) is 0 Å². The summed E-state index contributed by atoms with van der Waals surface area (Å²) in [6.45, 7) is 4.51. The number of carbonyl (C=O) groups excluding carboxylic acids is 4. The molecule has 8 rings (SSSR count). The number of amides is 4. The van der Waals surface area contributed by atoms with Gasteiger partial charge >= 0.3 is 12.2 Å². The summed E-state index contributed by atoms with van der Waals surface area (Å²) in [7, 11) is 5.50. The van der Waals surface area contributed by atoms with Crippen molar-refractivity contribution >= 4 is 57.0 Å². The van der Waals surface area contributed by atoms with Gasteiger partial charge < -0.3 is 49.3 Å². The molecule has 0 spiro atoms. The predicted octanol–water partition coefficient (Wildman–Crippen LogP) is 5.56. The average Bonchev–Trinajstić information content (AvgIpc) is 4.14. The molecule has 2 fully saturated rings. The number of aromatic amines is 2. The van der Waals surface area contributed by atoms with E-state index in [0.29, 0.717) is 30.4 Å². The van der Waals surface area contributed by atoms with Crippen LogP contribution in [-0.2, 0) is 28.5 Å². The van der Waals surface area contributed by atoms with E-state index in [9.17, 15) is 19.2 Å². The summed E-state index contributed by atoms with van der Waals surface area (Å²) >= 11 is 0. The fourth-order valence-corrected chi connectivity index (χ4v) is 8.46. The second-order valence-corrected chi connectivity index (χ2v) is 15.7. The topological polar surface area (TPSA) is 219 Å². The highest BCUT2D eigenvalue weighted by Gasteiger charge is 2.40. The van der Waals surface area contributed by atoms with E-state index in [1.807, 2.05) is 60.7 Å². The van der Waals surface area contributed by atoms with Gasteiger partial charge in [0.2, 0.25) is 11.8 Å². The van der Waals surface area contributed by atoms with Crippen molar-refractivity contribution in [2.24, 2.45) is 0 Å². The number of aromatic nitrogens is 6. The average molecular weight is 847 g/mol. The molecule has 6 atom stereocenters. The Morgan fingerprint density at radius 3 is 1.63 bits per heavy atom. The van der Waals surface area contributed by atoms with E-state index in [1.54, 1.807) is 23.6 Å². The van der Waals surface area contributed by atoms with Crippen LogP contribution in [0.2, 0.25) is 0 Å². The second kappa shape index (κ2) is 17.7. The number of nitrogens with one attached hydrogen (secondary N) is 4. The van der Waals surface area contributed by atoms with Crippen LogP contribution in [0.15, 0.2) is 60.7 Å². The van der Waals surface area contributed by atoms with Gasteiger partial charge in [0.25, 0.3) is 0 Å². The molecule has 4 N–H and O–H groups in total. The highest BCUT2D eigenvalue weighted by Crippen LogP contribution is 2.36. The summed E-state index contributed by atoms with van der Waals surface area (Å²) in [5.41, 5.74) is 7.36. The van der Waals surface area contributed by atoms with Crippen LogP contribution in [0.4, 0.5) is 9.59 Å². The summed E-state index contributed by atoms with van der Waals surface area (Å²) < 4.78 is 20.4. The Balaban J connectivity index is 0.992. The highest BCUT2D eigenvalue weighted by atomic mass is 16.5. The van der Waals surface area contributed by atoms with Crippen LogP contribution < -0.4 is 10.6 Å². The third-order valence-corrected chi connectivity index (χ3v) is 12.1. The number of methoxy groups -OCH3 is 4. The number of rotatable bonds is 12. The molecular weight excluding hydrogens is 797 g/mol. The van der Waals surface area contributed by atoms with Crippen molar-refractivity contribution in [1.29, 1.82) is 0 Å². The van der Waals surface area contributed by atoms with Crippen molar-refractivity contribution in [3.8, 4) is 22.4 Å². The molecule has 324 valence electrons. The molecule has 62 heavy (non-hydrogen) atoms. The maximum absolute atomic E-state index is 13.7. The number of likely N-dealkylation sites (tertiary alicyclic amines) is 2. The van der Waals surface area contributed by atoms with Gasteiger partial charge in [-0.15, -0.1) is 10.2 Å². The Bertz CT molecular complexity index is 2470. The van der Waals surface area contributed by atoms with E-state index in [1.165, 1.54) is 28.4 Å².